The lowest BCUT2D eigenvalue weighted by Gasteiger charge is -2.40. The SMILES string of the molecule is C=CCN(C(=O)OCc1ccc(N)c(N=O)c1)C1CCN(C[C@H]2CN(C(=O)C3CCCC3)C[C@]2(O)c2ccccc2)CC1. The quantitative estimate of drug-likeness (QED) is 0.232. The van der Waals surface area contributed by atoms with Crippen LogP contribution >= 0.6 is 0 Å². The van der Waals surface area contributed by atoms with Crippen molar-refractivity contribution in [2.45, 2.75) is 56.8 Å². The molecule has 3 N–H and O–H groups in total. The molecule has 3 fully saturated rings. The Morgan fingerprint density at radius 3 is 2.51 bits per heavy atom. The summed E-state index contributed by atoms with van der Waals surface area (Å²) in [5.74, 6) is 0.148. The number of β-amino-alcohol motifs (C(OH)–C–C–N with tert-alkyl or cyclic N) is 1. The lowest BCUT2D eigenvalue weighted by molar-refractivity contribution is -0.135. The molecular formula is C33H43N5O5. The van der Waals surface area contributed by atoms with Crippen LogP contribution in [0.5, 0.6) is 0 Å². The van der Waals surface area contributed by atoms with E-state index in [1.165, 1.54) is 6.07 Å². The van der Waals surface area contributed by atoms with Crippen molar-refractivity contribution in [3.63, 3.8) is 0 Å². The lowest BCUT2D eigenvalue weighted by Crippen LogP contribution is -2.50. The summed E-state index contributed by atoms with van der Waals surface area (Å²) in [6.45, 7) is 7.25. The van der Waals surface area contributed by atoms with Crippen LogP contribution in [0.3, 0.4) is 0 Å². The first kappa shape index (κ1) is 30.7. The van der Waals surface area contributed by atoms with E-state index in [-0.39, 0.29) is 41.8 Å². The number of aliphatic hydroxyl groups is 1. The predicted molar refractivity (Wildman–Crippen MR) is 165 cm³/mol. The molecule has 43 heavy (non-hydrogen) atoms. The standard InChI is InChI=1S/C33H43N5O5/c1-2-16-38(32(40)43-22-24-12-13-29(34)30(19-24)35-42)28-14-17-36(18-15-28)20-27-21-37(31(39)25-8-6-7-9-25)23-33(27,41)26-10-4-3-5-11-26/h2-5,10-13,19,25,27-28,41H,1,6-9,14-18,20-23,34H2/t27-,33-/m0/s1. The predicted octanol–water partition coefficient (Wildman–Crippen LogP) is 4.79. The number of ether oxygens (including phenoxy) is 1. The van der Waals surface area contributed by atoms with Crippen molar-refractivity contribution in [1.82, 2.24) is 14.7 Å². The number of nitrogens with zero attached hydrogens (tertiary/aromatic N) is 4. The summed E-state index contributed by atoms with van der Waals surface area (Å²) in [4.78, 5) is 43.4. The molecule has 0 spiro atoms. The third kappa shape index (κ3) is 6.91. The van der Waals surface area contributed by atoms with Gasteiger partial charge >= 0.3 is 6.09 Å². The number of piperidine rings is 1. The molecule has 0 bridgehead atoms. The summed E-state index contributed by atoms with van der Waals surface area (Å²) >= 11 is 0. The number of nitrogens with two attached hydrogens (primary N) is 1. The van der Waals surface area contributed by atoms with Crippen LogP contribution in [0, 0.1) is 16.7 Å². The van der Waals surface area contributed by atoms with Gasteiger partial charge in [0.15, 0.2) is 0 Å². The third-order valence-electron chi connectivity index (χ3n) is 9.43. The van der Waals surface area contributed by atoms with Gasteiger partial charge < -0.3 is 30.3 Å². The maximum absolute atomic E-state index is 13.4. The van der Waals surface area contributed by atoms with Gasteiger partial charge in [0.2, 0.25) is 5.91 Å². The second kappa shape index (κ2) is 13.7. The van der Waals surface area contributed by atoms with Gasteiger partial charge in [0, 0.05) is 50.6 Å². The molecule has 2 aromatic rings. The number of hydrogen-bond donors (Lipinski definition) is 2. The zero-order chi connectivity index (χ0) is 30.4. The van der Waals surface area contributed by atoms with Crippen LogP contribution in [0.2, 0.25) is 0 Å². The number of carbonyl (C=O) groups excluding carboxylic acids is 2. The second-order valence-electron chi connectivity index (χ2n) is 12.2. The number of amides is 2. The molecule has 5 rings (SSSR count). The van der Waals surface area contributed by atoms with Gasteiger partial charge in [0.25, 0.3) is 0 Å². The summed E-state index contributed by atoms with van der Waals surface area (Å²) in [6, 6.07) is 14.5. The van der Waals surface area contributed by atoms with Crippen LogP contribution in [-0.2, 0) is 21.7 Å². The van der Waals surface area contributed by atoms with Crippen LogP contribution < -0.4 is 5.73 Å². The van der Waals surface area contributed by atoms with E-state index in [1.54, 1.807) is 23.1 Å². The molecule has 2 saturated heterocycles. The number of carbonyl (C=O) groups is 2. The minimum atomic E-state index is -1.10. The van der Waals surface area contributed by atoms with Gasteiger partial charge in [-0.1, -0.05) is 55.3 Å². The first-order valence-corrected chi connectivity index (χ1v) is 15.4. The minimum absolute atomic E-state index is 0.00392. The molecule has 2 heterocycles. The van der Waals surface area contributed by atoms with E-state index in [9.17, 15) is 19.6 Å². The highest BCUT2D eigenvalue weighted by molar-refractivity contribution is 5.79. The number of benzene rings is 2. The van der Waals surface area contributed by atoms with E-state index >= 15 is 0 Å². The molecule has 230 valence electrons. The second-order valence-corrected chi connectivity index (χ2v) is 12.2. The van der Waals surface area contributed by atoms with Crippen LogP contribution in [0.25, 0.3) is 0 Å². The maximum Gasteiger partial charge on any atom is 0.410 e. The Morgan fingerprint density at radius 2 is 1.84 bits per heavy atom. The van der Waals surface area contributed by atoms with Gasteiger partial charge in [-0.15, -0.1) is 11.5 Å². The van der Waals surface area contributed by atoms with Gasteiger partial charge in [0.1, 0.15) is 17.9 Å². The Balaban J connectivity index is 1.20. The minimum Gasteiger partial charge on any atom is -0.445 e. The highest BCUT2D eigenvalue weighted by Crippen LogP contribution is 2.40. The van der Waals surface area contributed by atoms with Gasteiger partial charge in [0.05, 0.1) is 12.2 Å². The molecule has 10 heteroatoms. The average Bonchev–Trinajstić information content (AvgIpc) is 3.69. The van der Waals surface area contributed by atoms with Crippen molar-refractivity contribution in [2.75, 3.05) is 45.0 Å². The van der Waals surface area contributed by atoms with Crippen molar-refractivity contribution in [3.05, 3.63) is 77.2 Å². The Morgan fingerprint density at radius 1 is 1.12 bits per heavy atom. The summed E-state index contributed by atoms with van der Waals surface area (Å²) < 4.78 is 5.59. The van der Waals surface area contributed by atoms with E-state index in [4.69, 9.17) is 10.5 Å². The van der Waals surface area contributed by atoms with Crippen molar-refractivity contribution >= 4 is 23.4 Å². The Labute approximate surface area is 253 Å². The molecule has 10 nitrogen and oxygen atoms in total. The zero-order valence-electron chi connectivity index (χ0n) is 24.8. The van der Waals surface area contributed by atoms with Crippen LogP contribution in [-0.4, -0.2) is 77.1 Å². The van der Waals surface area contributed by atoms with Crippen LogP contribution in [0.15, 0.2) is 66.4 Å². The number of nitroso groups, excluding NO2 is 1. The zero-order valence-corrected chi connectivity index (χ0v) is 24.8. The molecule has 0 unspecified atom stereocenters. The fraction of sp³-hybridized carbons (Fsp3) is 0.515. The molecule has 1 aliphatic carbocycles. The Hall–Kier alpha value is -3.76. The first-order chi connectivity index (χ1) is 20.8. The molecular weight excluding hydrogens is 546 g/mol. The highest BCUT2D eigenvalue weighted by Gasteiger charge is 2.49. The number of anilines is 1. The monoisotopic (exact) mass is 589 g/mol. The number of likely N-dealkylation sites (tertiary alicyclic amines) is 2. The van der Waals surface area contributed by atoms with E-state index in [0.29, 0.717) is 31.7 Å². The normalized spacial score (nSPS) is 23.3. The number of rotatable bonds is 10. The topological polar surface area (TPSA) is 129 Å². The van der Waals surface area contributed by atoms with Gasteiger partial charge in [-0.05, 0) is 54.1 Å². The Bertz CT molecular complexity index is 1290. The van der Waals surface area contributed by atoms with Crippen molar-refractivity contribution in [1.29, 1.82) is 0 Å². The van der Waals surface area contributed by atoms with Crippen LogP contribution in [0.4, 0.5) is 16.2 Å². The summed E-state index contributed by atoms with van der Waals surface area (Å²) in [5, 5.41) is 15.0. The average molecular weight is 590 g/mol. The van der Waals surface area contributed by atoms with Gasteiger partial charge in [-0.3, -0.25) is 4.79 Å². The molecule has 2 aliphatic heterocycles. The Kier molecular flexibility index (Phi) is 9.77. The molecule has 1 saturated carbocycles. The molecule has 2 amide bonds. The largest absolute Gasteiger partial charge is 0.445 e. The lowest BCUT2D eigenvalue weighted by atomic mass is 9.83. The van der Waals surface area contributed by atoms with E-state index in [1.807, 2.05) is 35.2 Å². The molecule has 3 aliphatic rings. The number of hydrogen-bond acceptors (Lipinski definition) is 8. The van der Waals surface area contributed by atoms with E-state index < -0.39 is 11.7 Å². The molecule has 2 aromatic carbocycles. The number of nitrogen functional groups attached to an aromatic ring is 1. The van der Waals surface area contributed by atoms with Crippen molar-refractivity contribution < 1.29 is 19.4 Å². The fourth-order valence-corrected chi connectivity index (χ4v) is 6.99. The van der Waals surface area contributed by atoms with Crippen molar-refractivity contribution in [2.24, 2.45) is 17.0 Å². The van der Waals surface area contributed by atoms with Crippen LogP contribution in [0.1, 0.15) is 49.7 Å². The first-order valence-electron chi connectivity index (χ1n) is 15.4. The molecule has 2 atom stereocenters. The molecule has 0 aromatic heterocycles. The van der Waals surface area contributed by atoms with E-state index in [2.05, 4.69) is 16.7 Å². The fourth-order valence-electron chi connectivity index (χ4n) is 6.99. The highest BCUT2D eigenvalue weighted by atomic mass is 16.6. The third-order valence-corrected chi connectivity index (χ3v) is 9.43. The summed E-state index contributed by atoms with van der Waals surface area (Å²) in [7, 11) is 0. The molecule has 0 radical (unpaired) electrons. The van der Waals surface area contributed by atoms with E-state index in [0.717, 1.165) is 57.2 Å². The van der Waals surface area contributed by atoms with Gasteiger partial charge in [-0.25, -0.2) is 4.79 Å². The van der Waals surface area contributed by atoms with Gasteiger partial charge in [-0.2, -0.15) is 0 Å². The summed E-state index contributed by atoms with van der Waals surface area (Å²) in [5.41, 5.74) is 6.52. The van der Waals surface area contributed by atoms with Crippen molar-refractivity contribution in [3.8, 4) is 0 Å². The smallest absolute Gasteiger partial charge is 0.410 e. The maximum atomic E-state index is 13.4. The summed E-state index contributed by atoms with van der Waals surface area (Å²) in [6.07, 6.45) is 6.85.